The number of carbonyl (C=O) groups is 2. The Morgan fingerprint density at radius 3 is 2.74 bits per heavy atom. The number of nitrogens with zero attached hydrogens (tertiary/aromatic N) is 1. The van der Waals surface area contributed by atoms with Crippen molar-refractivity contribution in [2.24, 2.45) is 0 Å². The first-order valence-electron chi connectivity index (χ1n) is 6.16. The van der Waals surface area contributed by atoms with Crippen molar-refractivity contribution in [1.82, 2.24) is 0 Å². The van der Waals surface area contributed by atoms with Crippen molar-refractivity contribution >= 4 is 28.5 Å². The van der Waals surface area contributed by atoms with Gasteiger partial charge in [-0.25, -0.2) is 0 Å². The Hall–Kier alpha value is -1.49. The predicted molar refractivity (Wildman–Crippen MR) is 76.6 cm³/mol. The lowest BCUT2D eigenvalue weighted by Crippen LogP contribution is -2.25. The van der Waals surface area contributed by atoms with E-state index < -0.39 is 0 Å². The van der Waals surface area contributed by atoms with Crippen LogP contribution in [-0.4, -0.2) is 27.9 Å². The van der Waals surface area contributed by atoms with Gasteiger partial charge in [0, 0.05) is 25.1 Å². The standard InChI is InChI=1S/C14H17NO3S/c1-8-4-9(2)14(18)12(5-8)15-7-11(6-13(15)17)19-10(3)16/h4-5,11,18H,6-7H2,1-3H3. The van der Waals surface area contributed by atoms with Gasteiger partial charge in [0.15, 0.2) is 5.12 Å². The molecule has 1 fully saturated rings. The molecule has 19 heavy (non-hydrogen) atoms. The Kier molecular flexibility index (Phi) is 3.85. The fourth-order valence-corrected chi connectivity index (χ4v) is 3.28. The average molecular weight is 279 g/mol. The van der Waals surface area contributed by atoms with Crippen LogP contribution < -0.4 is 4.90 Å². The van der Waals surface area contributed by atoms with Gasteiger partial charge < -0.3 is 10.0 Å². The second-order valence-corrected chi connectivity index (χ2v) is 6.37. The quantitative estimate of drug-likeness (QED) is 0.903. The van der Waals surface area contributed by atoms with E-state index in [9.17, 15) is 14.7 Å². The molecule has 1 aromatic rings. The minimum atomic E-state index is -0.0425. The predicted octanol–water partition coefficient (Wildman–Crippen LogP) is 2.39. The van der Waals surface area contributed by atoms with Crippen LogP contribution in [0.4, 0.5) is 5.69 Å². The van der Waals surface area contributed by atoms with Crippen molar-refractivity contribution in [2.45, 2.75) is 32.4 Å². The van der Waals surface area contributed by atoms with Gasteiger partial charge in [0.1, 0.15) is 5.75 Å². The first kappa shape index (κ1) is 13.9. The number of carbonyl (C=O) groups excluding carboxylic acids is 2. The van der Waals surface area contributed by atoms with E-state index in [1.807, 2.05) is 19.9 Å². The fraction of sp³-hybridized carbons (Fsp3) is 0.429. The van der Waals surface area contributed by atoms with Crippen LogP contribution in [0.25, 0.3) is 0 Å². The third-order valence-electron chi connectivity index (χ3n) is 3.14. The lowest BCUT2D eigenvalue weighted by Gasteiger charge is -2.19. The summed E-state index contributed by atoms with van der Waals surface area (Å²) in [6, 6.07) is 3.68. The molecular weight excluding hydrogens is 262 g/mol. The highest BCUT2D eigenvalue weighted by Crippen LogP contribution is 2.36. The number of phenols is 1. The molecule has 1 aliphatic heterocycles. The van der Waals surface area contributed by atoms with Gasteiger partial charge in [-0.2, -0.15) is 0 Å². The molecule has 0 aliphatic carbocycles. The van der Waals surface area contributed by atoms with Crippen LogP contribution in [0.1, 0.15) is 24.5 Å². The van der Waals surface area contributed by atoms with Gasteiger partial charge in [0.2, 0.25) is 5.91 Å². The summed E-state index contributed by atoms with van der Waals surface area (Å²) in [4.78, 5) is 24.7. The van der Waals surface area contributed by atoms with Crippen LogP contribution in [0.2, 0.25) is 0 Å². The zero-order chi connectivity index (χ0) is 14.2. The van der Waals surface area contributed by atoms with Gasteiger partial charge in [-0.1, -0.05) is 17.8 Å². The maximum absolute atomic E-state index is 12.0. The van der Waals surface area contributed by atoms with Crippen molar-refractivity contribution in [3.05, 3.63) is 23.3 Å². The van der Waals surface area contributed by atoms with Crippen LogP contribution in [0.5, 0.6) is 5.75 Å². The summed E-state index contributed by atoms with van der Waals surface area (Å²) in [6.07, 6.45) is 0.344. The molecule has 0 bridgehead atoms. The third kappa shape index (κ3) is 2.92. The molecule has 0 saturated carbocycles. The maximum Gasteiger partial charge on any atom is 0.228 e. The molecule has 0 radical (unpaired) electrons. The molecule has 1 unspecified atom stereocenters. The van der Waals surface area contributed by atoms with Gasteiger partial charge in [0.05, 0.1) is 5.69 Å². The number of rotatable bonds is 2. The summed E-state index contributed by atoms with van der Waals surface area (Å²) >= 11 is 1.20. The molecule has 0 aromatic heterocycles. The van der Waals surface area contributed by atoms with Gasteiger partial charge in [0.25, 0.3) is 0 Å². The number of aryl methyl sites for hydroxylation is 2. The molecule has 0 spiro atoms. The molecule has 1 aromatic carbocycles. The van der Waals surface area contributed by atoms with E-state index >= 15 is 0 Å². The summed E-state index contributed by atoms with van der Waals surface area (Å²) in [5, 5.41) is 10.1. The summed E-state index contributed by atoms with van der Waals surface area (Å²) in [7, 11) is 0. The van der Waals surface area contributed by atoms with Gasteiger partial charge >= 0.3 is 0 Å². The van der Waals surface area contributed by atoms with Crippen molar-refractivity contribution in [2.75, 3.05) is 11.4 Å². The second kappa shape index (κ2) is 5.25. The summed E-state index contributed by atoms with van der Waals surface area (Å²) in [5.41, 5.74) is 2.31. The molecular formula is C14H17NO3S. The normalized spacial score (nSPS) is 19.0. The third-order valence-corrected chi connectivity index (χ3v) is 4.12. The smallest absolute Gasteiger partial charge is 0.228 e. The molecule has 1 atom stereocenters. The van der Waals surface area contributed by atoms with E-state index in [0.29, 0.717) is 18.7 Å². The van der Waals surface area contributed by atoms with Gasteiger partial charge in [-0.15, -0.1) is 0 Å². The number of hydrogen-bond acceptors (Lipinski definition) is 4. The SMILES string of the molecule is CC(=O)SC1CC(=O)N(c2cc(C)cc(C)c2O)C1. The van der Waals surface area contributed by atoms with E-state index in [0.717, 1.165) is 11.1 Å². The lowest BCUT2D eigenvalue weighted by molar-refractivity contribution is -0.117. The summed E-state index contributed by atoms with van der Waals surface area (Å²) < 4.78 is 0. The fourth-order valence-electron chi connectivity index (χ4n) is 2.36. The minimum absolute atomic E-state index is 0.0179. The van der Waals surface area contributed by atoms with Crippen LogP contribution in [0.15, 0.2) is 12.1 Å². The molecule has 1 amide bonds. The van der Waals surface area contributed by atoms with E-state index in [4.69, 9.17) is 0 Å². The number of benzene rings is 1. The van der Waals surface area contributed by atoms with Crippen LogP contribution in [0.3, 0.4) is 0 Å². The van der Waals surface area contributed by atoms with Crippen molar-refractivity contribution in [1.29, 1.82) is 0 Å². The van der Waals surface area contributed by atoms with Gasteiger partial charge in [-0.05, 0) is 31.0 Å². The monoisotopic (exact) mass is 279 g/mol. The largest absolute Gasteiger partial charge is 0.505 e. The Balaban J connectivity index is 2.28. The number of aromatic hydroxyl groups is 1. The summed E-state index contributed by atoms with van der Waals surface area (Å²) in [6.45, 7) is 5.72. The van der Waals surface area contributed by atoms with E-state index in [2.05, 4.69) is 0 Å². The molecule has 102 valence electrons. The molecule has 1 saturated heterocycles. The Bertz CT molecular complexity index is 542. The number of hydrogen-bond donors (Lipinski definition) is 1. The van der Waals surface area contributed by atoms with E-state index in [1.165, 1.54) is 18.7 Å². The Labute approximate surface area is 116 Å². The van der Waals surface area contributed by atoms with Gasteiger partial charge in [-0.3, -0.25) is 9.59 Å². The molecule has 2 rings (SSSR count). The average Bonchev–Trinajstić information content (AvgIpc) is 2.63. The number of thioether (sulfide) groups is 1. The minimum Gasteiger partial charge on any atom is -0.505 e. The highest BCUT2D eigenvalue weighted by Gasteiger charge is 2.33. The first-order valence-corrected chi connectivity index (χ1v) is 7.04. The number of phenolic OH excluding ortho intramolecular Hbond substituents is 1. The van der Waals surface area contributed by atoms with Crippen LogP contribution in [-0.2, 0) is 9.59 Å². The molecule has 1 N–H and O–H groups in total. The molecule has 5 heteroatoms. The highest BCUT2D eigenvalue weighted by atomic mass is 32.2. The lowest BCUT2D eigenvalue weighted by atomic mass is 10.1. The topological polar surface area (TPSA) is 57.6 Å². The van der Waals surface area contributed by atoms with E-state index in [-0.39, 0.29) is 22.0 Å². The van der Waals surface area contributed by atoms with Crippen molar-refractivity contribution in [3.8, 4) is 5.75 Å². The number of amides is 1. The Morgan fingerprint density at radius 2 is 2.11 bits per heavy atom. The van der Waals surface area contributed by atoms with Crippen LogP contribution in [0, 0.1) is 13.8 Å². The van der Waals surface area contributed by atoms with E-state index in [1.54, 1.807) is 11.0 Å². The highest BCUT2D eigenvalue weighted by molar-refractivity contribution is 8.14. The molecule has 1 heterocycles. The first-order chi connectivity index (χ1) is 8.88. The van der Waals surface area contributed by atoms with Crippen LogP contribution >= 0.6 is 11.8 Å². The zero-order valence-electron chi connectivity index (χ0n) is 11.3. The zero-order valence-corrected chi connectivity index (χ0v) is 12.1. The Morgan fingerprint density at radius 1 is 1.42 bits per heavy atom. The molecule has 4 nitrogen and oxygen atoms in total. The molecule has 1 aliphatic rings. The maximum atomic E-state index is 12.0. The summed E-state index contributed by atoms with van der Waals surface area (Å²) in [5.74, 6) is 0.103. The van der Waals surface area contributed by atoms with Crippen molar-refractivity contribution in [3.63, 3.8) is 0 Å². The second-order valence-electron chi connectivity index (χ2n) is 4.89. The van der Waals surface area contributed by atoms with Crippen molar-refractivity contribution < 1.29 is 14.7 Å². The number of anilines is 1.